The van der Waals surface area contributed by atoms with Crippen molar-refractivity contribution in [1.82, 2.24) is 4.90 Å². The Kier molecular flexibility index (Phi) is 3.57. The monoisotopic (exact) mass is 169 g/mol. The summed E-state index contributed by atoms with van der Waals surface area (Å²) in [6.45, 7) is 6.52. The zero-order chi connectivity index (χ0) is 7.68. The first-order valence-corrected chi connectivity index (χ1v) is 5.12. The molecule has 0 aromatic carbocycles. The molecule has 3 heterocycles. The summed E-state index contributed by atoms with van der Waals surface area (Å²) in [5.74, 6) is 2.16. The molecule has 0 aromatic heterocycles. The van der Waals surface area contributed by atoms with Gasteiger partial charge in [0, 0.05) is 6.54 Å². The van der Waals surface area contributed by atoms with Crippen LogP contribution in [0.5, 0.6) is 0 Å². The van der Waals surface area contributed by atoms with Crippen LogP contribution in [-0.4, -0.2) is 24.5 Å². The third-order valence-corrected chi connectivity index (χ3v) is 3.45. The van der Waals surface area contributed by atoms with Crippen molar-refractivity contribution in [3.8, 4) is 0 Å². The van der Waals surface area contributed by atoms with E-state index in [4.69, 9.17) is 0 Å². The summed E-state index contributed by atoms with van der Waals surface area (Å²) >= 11 is 0. The Labute approximate surface area is 77.1 Å². The maximum absolute atomic E-state index is 2.65. The van der Waals surface area contributed by atoms with Gasteiger partial charge in [-0.05, 0) is 44.2 Å². The van der Waals surface area contributed by atoms with E-state index in [2.05, 4.69) is 11.8 Å². The van der Waals surface area contributed by atoms with Crippen molar-refractivity contribution in [3.63, 3.8) is 0 Å². The summed E-state index contributed by atoms with van der Waals surface area (Å²) in [4.78, 5) is 2.65. The molecule has 3 rings (SSSR count). The van der Waals surface area contributed by atoms with E-state index in [1.807, 2.05) is 0 Å². The lowest BCUT2D eigenvalue weighted by atomic mass is 9.77. The van der Waals surface area contributed by atoms with Crippen LogP contribution in [0.2, 0.25) is 0 Å². The van der Waals surface area contributed by atoms with E-state index in [-0.39, 0.29) is 7.43 Å². The highest BCUT2D eigenvalue weighted by molar-refractivity contribution is 4.85. The van der Waals surface area contributed by atoms with Gasteiger partial charge in [-0.3, -0.25) is 0 Å². The molecular weight excluding hydrogens is 146 g/mol. The smallest absolute Gasteiger partial charge is 0.00123 e. The van der Waals surface area contributed by atoms with Crippen LogP contribution >= 0.6 is 0 Å². The van der Waals surface area contributed by atoms with Crippen LogP contribution in [0.15, 0.2) is 0 Å². The van der Waals surface area contributed by atoms with E-state index in [0.717, 1.165) is 11.8 Å². The molecule has 0 amide bonds. The molecule has 3 saturated heterocycles. The number of hydrogen-bond acceptors (Lipinski definition) is 1. The van der Waals surface area contributed by atoms with E-state index in [0.29, 0.717) is 0 Å². The van der Waals surface area contributed by atoms with Crippen molar-refractivity contribution < 1.29 is 0 Å². The lowest BCUT2D eigenvalue weighted by molar-refractivity contribution is 0.0464. The van der Waals surface area contributed by atoms with Crippen LogP contribution in [0.1, 0.15) is 40.0 Å². The minimum absolute atomic E-state index is 0. The van der Waals surface area contributed by atoms with Crippen molar-refractivity contribution in [3.05, 3.63) is 0 Å². The topological polar surface area (TPSA) is 3.24 Å². The first kappa shape index (κ1) is 10.0. The minimum Gasteiger partial charge on any atom is -0.303 e. The summed E-state index contributed by atoms with van der Waals surface area (Å²) in [7, 11) is 0. The van der Waals surface area contributed by atoms with E-state index < -0.39 is 0 Å². The highest BCUT2D eigenvalue weighted by Gasteiger charge is 2.32. The average molecular weight is 169 g/mol. The molecule has 2 bridgehead atoms. The lowest BCUT2D eigenvalue weighted by Crippen LogP contribution is -2.47. The Morgan fingerprint density at radius 1 is 1.25 bits per heavy atom. The number of hydrogen-bond donors (Lipinski definition) is 0. The molecule has 1 heteroatoms. The minimum atomic E-state index is 0. The summed E-state index contributed by atoms with van der Waals surface area (Å²) in [5, 5.41) is 0. The maximum Gasteiger partial charge on any atom is 0.00123 e. The van der Waals surface area contributed by atoms with Crippen molar-refractivity contribution in [1.29, 1.82) is 0 Å². The third-order valence-electron chi connectivity index (χ3n) is 3.45. The summed E-state index contributed by atoms with van der Waals surface area (Å²) in [6, 6.07) is 0. The van der Waals surface area contributed by atoms with Gasteiger partial charge < -0.3 is 4.90 Å². The van der Waals surface area contributed by atoms with E-state index >= 15 is 0 Å². The molecule has 12 heavy (non-hydrogen) atoms. The van der Waals surface area contributed by atoms with Crippen LogP contribution in [0.3, 0.4) is 0 Å². The second kappa shape index (κ2) is 4.27. The Morgan fingerprint density at radius 3 is 2.33 bits per heavy atom. The van der Waals surface area contributed by atoms with Gasteiger partial charge in [-0.1, -0.05) is 20.8 Å². The molecule has 0 saturated carbocycles. The average Bonchev–Trinajstić information content (AvgIpc) is 2.07. The molecule has 0 spiro atoms. The fourth-order valence-corrected chi connectivity index (χ4v) is 2.79. The molecule has 1 nitrogen and oxygen atoms in total. The predicted octanol–water partition coefficient (Wildman–Crippen LogP) is 2.76. The zero-order valence-corrected chi connectivity index (χ0v) is 7.55. The first-order valence-electron chi connectivity index (χ1n) is 5.12. The number of rotatable bonds is 2. The highest BCUT2D eigenvalue weighted by Crippen LogP contribution is 2.34. The number of fused-ring (bicyclic) bond motifs is 3. The van der Waals surface area contributed by atoms with Gasteiger partial charge in [0.05, 0.1) is 0 Å². The Bertz CT molecular complexity index is 125. The van der Waals surface area contributed by atoms with Crippen LogP contribution in [0, 0.1) is 11.8 Å². The molecule has 1 atom stereocenters. The van der Waals surface area contributed by atoms with Crippen LogP contribution in [0.25, 0.3) is 0 Å². The lowest BCUT2D eigenvalue weighted by Gasteiger charge is -2.44. The van der Waals surface area contributed by atoms with Gasteiger partial charge in [-0.25, -0.2) is 0 Å². The van der Waals surface area contributed by atoms with E-state index in [1.54, 1.807) is 0 Å². The second-order valence-electron chi connectivity index (χ2n) is 4.19. The van der Waals surface area contributed by atoms with E-state index in [1.165, 1.54) is 45.3 Å². The predicted molar refractivity (Wildman–Crippen MR) is 54.3 cm³/mol. The third kappa shape index (κ3) is 1.82. The van der Waals surface area contributed by atoms with Crippen LogP contribution in [-0.2, 0) is 0 Å². The normalized spacial score (nSPS) is 39.2. The van der Waals surface area contributed by atoms with Crippen molar-refractivity contribution in [2.45, 2.75) is 40.0 Å². The molecule has 3 aliphatic heterocycles. The van der Waals surface area contributed by atoms with Crippen molar-refractivity contribution in [2.75, 3.05) is 19.6 Å². The van der Waals surface area contributed by atoms with Gasteiger partial charge in [0.2, 0.25) is 0 Å². The maximum atomic E-state index is 2.65. The van der Waals surface area contributed by atoms with Gasteiger partial charge in [0.25, 0.3) is 0 Å². The van der Waals surface area contributed by atoms with Gasteiger partial charge in [0.15, 0.2) is 0 Å². The number of nitrogens with zero attached hydrogens (tertiary/aromatic N) is 1. The summed E-state index contributed by atoms with van der Waals surface area (Å²) in [6.07, 6.45) is 5.84. The molecule has 3 aliphatic rings. The molecule has 72 valence electrons. The number of piperidine rings is 3. The standard InChI is InChI=1S/C10H19N.CH4/c1-2-3-10-8-11-6-4-9(10)5-7-11;/h9-10H,2-8H2,1H3;1H4. The molecule has 0 aromatic rings. The Balaban J connectivity index is 0.000000720. The summed E-state index contributed by atoms with van der Waals surface area (Å²) in [5.41, 5.74) is 0. The van der Waals surface area contributed by atoms with Gasteiger partial charge in [0.1, 0.15) is 0 Å². The van der Waals surface area contributed by atoms with Gasteiger partial charge in [-0.15, -0.1) is 0 Å². The first-order chi connectivity index (χ1) is 5.40. The molecule has 0 N–H and O–H groups in total. The summed E-state index contributed by atoms with van der Waals surface area (Å²) < 4.78 is 0. The van der Waals surface area contributed by atoms with Gasteiger partial charge >= 0.3 is 0 Å². The fourth-order valence-electron chi connectivity index (χ4n) is 2.79. The van der Waals surface area contributed by atoms with Crippen LogP contribution in [0.4, 0.5) is 0 Å². The van der Waals surface area contributed by atoms with Crippen molar-refractivity contribution in [2.24, 2.45) is 11.8 Å². The molecule has 3 fully saturated rings. The van der Waals surface area contributed by atoms with Gasteiger partial charge in [-0.2, -0.15) is 0 Å². The SMILES string of the molecule is C.CCCC1CN2CCC1CC2. The Morgan fingerprint density at radius 2 is 1.92 bits per heavy atom. The fraction of sp³-hybridized carbons (Fsp3) is 1.00. The molecular formula is C11H23N. The van der Waals surface area contributed by atoms with E-state index in [9.17, 15) is 0 Å². The molecule has 0 aliphatic carbocycles. The zero-order valence-electron chi connectivity index (χ0n) is 7.55. The molecule has 1 unspecified atom stereocenters. The Hall–Kier alpha value is -0.0400. The quantitative estimate of drug-likeness (QED) is 0.614. The second-order valence-corrected chi connectivity index (χ2v) is 4.19. The highest BCUT2D eigenvalue weighted by atomic mass is 15.1. The molecule has 0 radical (unpaired) electrons. The van der Waals surface area contributed by atoms with Crippen molar-refractivity contribution >= 4 is 0 Å². The largest absolute Gasteiger partial charge is 0.303 e. The van der Waals surface area contributed by atoms with Crippen LogP contribution < -0.4 is 0 Å².